The number of nitrogens with zero attached hydrogens (tertiary/aromatic N) is 2. The Labute approximate surface area is 348 Å². The van der Waals surface area contributed by atoms with Crippen LogP contribution in [-0.4, -0.2) is 19.9 Å². The minimum absolute atomic E-state index is 0. The largest absolute Gasteiger partial charge is 0.355 e. The average Bonchev–Trinajstić information content (AvgIpc) is 3.95. The van der Waals surface area contributed by atoms with E-state index in [1.165, 1.54) is 77.9 Å². The molecule has 5 heteroatoms. The van der Waals surface area contributed by atoms with E-state index < -0.39 is 0 Å². The van der Waals surface area contributed by atoms with Crippen LogP contribution in [0.25, 0.3) is 79.2 Å². The zero-order chi connectivity index (χ0) is 38.8. The van der Waals surface area contributed by atoms with Crippen LogP contribution in [0.3, 0.4) is 0 Å². The first-order valence-electron chi connectivity index (χ1n) is 19.5. The van der Waals surface area contributed by atoms with Gasteiger partial charge in [0.25, 0.3) is 0 Å². The zero-order valence-electron chi connectivity index (χ0n) is 34.1. The normalized spacial score (nSPS) is 12.1. The van der Waals surface area contributed by atoms with E-state index >= 15 is 0 Å². The summed E-state index contributed by atoms with van der Waals surface area (Å²) in [6, 6.07) is 37.2. The van der Waals surface area contributed by atoms with Crippen LogP contribution in [0.1, 0.15) is 72.8 Å². The number of aryl methyl sites for hydroxylation is 8. The third-order valence-electron chi connectivity index (χ3n) is 11.6. The number of benzene rings is 4. The number of aromatic amines is 2. The summed E-state index contributed by atoms with van der Waals surface area (Å²) >= 11 is 0. The molecule has 2 aliphatic rings. The van der Waals surface area contributed by atoms with Crippen LogP contribution in [0.4, 0.5) is 0 Å². The molecular formula is C52H46N4Zn. The van der Waals surface area contributed by atoms with Gasteiger partial charge in [0, 0.05) is 58.3 Å². The molecule has 0 unspecified atom stereocenters. The molecule has 8 bridgehead atoms. The maximum absolute atomic E-state index is 5.67. The quantitative estimate of drug-likeness (QED) is 0.174. The van der Waals surface area contributed by atoms with Gasteiger partial charge in [0.1, 0.15) is 0 Å². The van der Waals surface area contributed by atoms with E-state index in [1.54, 1.807) is 0 Å². The van der Waals surface area contributed by atoms with Crippen molar-refractivity contribution in [2.75, 3.05) is 0 Å². The Balaban J connectivity index is 0.00000455. The fraction of sp³-hybridized carbons (Fsp3) is 0.154. The number of hydrogen-bond acceptors (Lipinski definition) is 2. The van der Waals surface area contributed by atoms with Crippen LogP contribution >= 0.6 is 0 Å². The van der Waals surface area contributed by atoms with Gasteiger partial charge < -0.3 is 9.97 Å². The summed E-state index contributed by atoms with van der Waals surface area (Å²) in [4.78, 5) is 18.6. The summed E-state index contributed by atoms with van der Waals surface area (Å²) in [6.07, 6.45) is 6.50. The molecule has 2 N–H and O–H groups in total. The predicted molar refractivity (Wildman–Crippen MR) is 238 cm³/mol. The summed E-state index contributed by atoms with van der Waals surface area (Å²) in [5.41, 5.74) is 26.9. The molecule has 4 aromatic carbocycles. The summed E-state index contributed by atoms with van der Waals surface area (Å²) in [5, 5.41) is 0. The fourth-order valence-corrected chi connectivity index (χ4v) is 9.06. The number of nitrogens with one attached hydrogen (secondary N) is 2. The molecule has 3 aromatic heterocycles. The Bertz CT molecular complexity index is 2930. The first-order chi connectivity index (χ1) is 27.0. The van der Waals surface area contributed by atoms with Crippen LogP contribution in [-0.2, 0) is 19.5 Å². The van der Waals surface area contributed by atoms with Gasteiger partial charge in [-0.25, -0.2) is 9.97 Å². The summed E-state index contributed by atoms with van der Waals surface area (Å²) in [6.45, 7) is 17.8. The minimum atomic E-state index is 0. The molecule has 0 saturated heterocycles. The SMILES string of the molecule is Cc1cccc(C)c1C1=Cc2cc3ccc(cc4nc(cc5[nH]c(c(-c6c(C)cccc6C)c1n2)c(-c1c(C)cccc1C)c5-c1c(C)cccc1C)C=C4)[nH]3.[Zn]. The van der Waals surface area contributed by atoms with Crippen molar-refractivity contribution in [3.8, 4) is 33.4 Å². The second kappa shape index (κ2) is 14.9. The van der Waals surface area contributed by atoms with Crippen molar-refractivity contribution in [1.29, 1.82) is 0 Å². The predicted octanol–water partition coefficient (Wildman–Crippen LogP) is 13.5. The van der Waals surface area contributed by atoms with E-state index in [0.29, 0.717) is 0 Å². The molecule has 7 aromatic rings. The minimum Gasteiger partial charge on any atom is -0.355 e. The number of aromatic nitrogens is 4. The molecule has 2 aliphatic heterocycles. The van der Waals surface area contributed by atoms with E-state index in [4.69, 9.17) is 9.97 Å². The second-order valence-corrected chi connectivity index (χ2v) is 15.6. The van der Waals surface area contributed by atoms with Crippen LogP contribution in [0.5, 0.6) is 0 Å². The third-order valence-corrected chi connectivity index (χ3v) is 11.6. The van der Waals surface area contributed by atoms with Crippen LogP contribution in [0.15, 0.2) is 103 Å². The average molecular weight is 792 g/mol. The van der Waals surface area contributed by atoms with Gasteiger partial charge in [0.2, 0.25) is 0 Å². The first-order valence-corrected chi connectivity index (χ1v) is 19.5. The molecule has 0 spiro atoms. The van der Waals surface area contributed by atoms with Crippen molar-refractivity contribution < 1.29 is 19.5 Å². The van der Waals surface area contributed by atoms with Crippen molar-refractivity contribution in [3.05, 3.63) is 176 Å². The van der Waals surface area contributed by atoms with Gasteiger partial charge in [0.05, 0.1) is 28.3 Å². The Morgan fingerprint density at radius 1 is 0.386 bits per heavy atom. The van der Waals surface area contributed by atoms with E-state index in [0.717, 1.165) is 56.0 Å². The summed E-state index contributed by atoms with van der Waals surface area (Å²) in [7, 11) is 0. The molecule has 276 valence electrons. The number of H-pyrrole nitrogens is 2. The number of fused-ring (bicyclic) bond motifs is 8. The summed E-state index contributed by atoms with van der Waals surface area (Å²) < 4.78 is 0. The van der Waals surface area contributed by atoms with Crippen molar-refractivity contribution in [2.24, 2.45) is 0 Å². The maximum atomic E-state index is 5.67. The van der Waals surface area contributed by atoms with E-state index in [-0.39, 0.29) is 19.5 Å². The molecule has 0 saturated carbocycles. The topological polar surface area (TPSA) is 57.4 Å². The standard InChI is InChI=1S/C52H46N4.Zn/c1-29-13-9-14-30(2)44(29)42-27-41-26-39-22-21-37(53-39)25-38-23-24-40(54-38)28-43-48(45-31(3)15-10-16-32(45)4)49(46-33(5)17-11-18-34(46)6)52(56-43)50(51(42)55-41)47-35(7)19-12-20-36(47)8;/h9-28,53,56H,1-8H3;. The summed E-state index contributed by atoms with van der Waals surface area (Å²) in [5.74, 6) is 0. The maximum Gasteiger partial charge on any atom is 0.0815 e. The molecule has 57 heavy (non-hydrogen) atoms. The molecule has 0 fully saturated rings. The van der Waals surface area contributed by atoms with Crippen molar-refractivity contribution in [1.82, 2.24) is 19.9 Å². The van der Waals surface area contributed by atoms with Gasteiger partial charge >= 0.3 is 0 Å². The zero-order valence-corrected chi connectivity index (χ0v) is 37.1. The van der Waals surface area contributed by atoms with Gasteiger partial charge in [-0.1, -0.05) is 72.8 Å². The monoisotopic (exact) mass is 790 g/mol. The Hall–Kier alpha value is -5.90. The van der Waals surface area contributed by atoms with Gasteiger partial charge in [-0.3, -0.25) is 0 Å². The molecule has 0 atom stereocenters. The van der Waals surface area contributed by atoms with E-state index in [2.05, 4.69) is 187 Å². The van der Waals surface area contributed by atoms with E-state index in [1.807, 2.05) is 0 Å². The fourth-order valence-electron chi connectivity index (χ4n) is 9.06. The molecule has 4 nitrogen and oxygen atoms in total. The van der Waals surface area contributed by atoms with Crippen LogP contribution in [0, 0.1) is 55.4 Å². The van der Waals surface area contributed by atoms with Gasteiger partial charge in [0.15, 0.2) is 0 Å². The van der Waals surface area contributed by atoms with Crippen molar-refractivity contribution >= 4 is 45.9 Å². The molecular weight excluding hydrogens is 746 g/mol. The van der Waals surface area contributed by atoms with Gasteiger partial charge in [-0.05, 0) is 171 Å². The number of rotatable bonds is 4. The van der Waals surface area contributed by atoms with Crippen molar-refractivity contribution in [2.45, 2.75) is 55.4 Å². The first kappa shape index (κ1) is 38.0. The molecule has 0 amide bonds. The molecule has 0 radical (unpaired) electrons. The Morgan fingerprint density at radius 3 is 1.32 bits per heavy atom. The van der Waals surface area contributed by atoms with Gasteiger partial charge in [-0.2, -0.15) is 0 Å². The molecule has 5 heterocycles. The Kier molecular flexibility index (Phi) is 9.92. The van der Waals surface area contributed by atoms with E-state index in [9.17, 15) is 0 Å². The molecule has 0 aliphatic carbocycles. The van der Waals surface area contributed by atoms with Gasteiger partial charge in [-0.15, -0.1) is 0 Å². The second-order valence-electron chi connectivity index (χ2n) is 15.6. The van der Waals surface area contributed by atoms with Crippen molar-refractivity contribution in [3.63, 3.8) is 0 Å². The third kappa shape index (κ3) is 6.64. The smallest absolute Gasteiger partial charge is 0.0815 e. The Morgan fingerprint density at radius 2 is 0.807 bits per heavy atom. The molecule has 9 rings (SSSR count). The van der Waals surface area contributed by atoms with Crippen LogP contribution in [0.2, 0.25) is 0 Å². The number of hydrogen-bond donors (Lipinski definition) is 2. The van der Waals surface area contributed by atoms with Crippen LogP contribution < -0.4 is 0 Å².